The Morgan fingerprint density at radius 2 is 1.77 bits per heavy atom. The first-order chi connectivity index (χ1) is 14.2. The number of carbonyl (C=O) groups excluding carboxylic acids is 3. The molecule has 0 aliphatic rings. The van der Waals surface area contributed by atoms with E-state index < -0.39 is 30.4 Å². The average molecular weight is 451 g/mol. The Balaban J connectivity index is 1.90. The number of anilines is 1. The van der Waals surface area contributed by atoms with E-state index >= 15 is 0 Å². The van der Waals surface area contributed by atoms with Crippen molar-refractivity contribution in [1.82, 2.24) is 5.32 Å². The van der Waals surface area contributed by atoms with Crippen molar-refractivity contribution in [2.45, 2.75) is 39.2 Å². The van der Waals surface area contributed by atoms with E-state index in [2.05, 4.69) is 24.5 Å². The fraction of sp³-hybridized carbons (Fsp3) is 0.318. The van der Waals surface area contributed by atoms with Gasteiger partial charge >= 0.3 is 5.97 Å². The van der Waals surface area contributed by atoms with Gasteiger partial charge in [-0.3, -0.25) is 14.4 Å². The molecule has 2 rings (SSSR count). The van der Waals surface area contributed by atoms with Gasteiger partial charge < -0.3 is 15.4 Å². The number of hydrogen-bond donors (Lipinski definition) is 2. The van der Waals surface area contributed by atoms with Crippen molar-refractivity contribution in [2.24, 2.45) is 0 Å². The number of ether oxygens (including phenoxy) is 1. The number of hydrogen-bond acceptors (Lipinski definition) is 4. The van der Waals surface area contributed by atoms with Gasteiger partial charge in [0.1, 0.15) is 6.54 Å². The molecule has 2 N–H and O–H groups in total. The fourth-order valence-electron chi connectivity index (χ4n) is 2.71. The first-order valence-electron chi connectivity index (χ1n) is 9.55. The van der Waals surface area contributed by atoms with Gasteiger partial charge in [0.2, 0.25) is 0 Å². The number of nitrogens with one attached hydrogen (secondary N) is 2. The molecule has 160 valence electrons. The van der Waals surface area contributed by atoms with Crippen LogP contribution in [0.4, 0.5) is 5.69 Å². The second-order valence-electron chi connectivity index (χ2n) is 6.82. The Bertz CT molecular complexity index is 933. The third-order valence-corrected chi connectivity index (χ3v) is 5.16. The van der Waals surface area contributed by atoms with E-state index in [0.717, 1.165) is 12.0 Å². The lowest BCUT2D eigenvalue weighted by Crippen LogP contribution is -2.36. The summed E-state index contributed by atoms with van der Waals surface area (Å²) in [6.45, 7) is 5.21. The van der Waals surface area contributed by atoms with Crippen LogP contribution in [0.1, 0.15) is 49.0 Å². The molecule has 0 fully saturated rings. The highest BCUT2D eigenvalue weighted by molar-refractivity contribution is 6.36. The molecule has 2 aromatic rings. The van der Waals surface area contributed by atoms with Gasteiger partial charge in [-0.1, -0.05) is 55.2 Å². The Morgan fingerprint density at radius 1 is 1.07 bits per heavy atom. The molecule has 0 radical (unpaired) electrons. The molecule has 0 saturated heterocycles. The Labute approximate surface area is 185 Å². The van der Waals surface area contributed by atoms with Crippen LogP contribution in [0.15, 0.2) is 42.5 Å². The second-order valence-corrected chi connectivity index (χ2v) is 7.67. The van der Waals surface area contributed by atoms with E-state index in [1.165, 1.54) is 25.1 Å². The molecule has 0 aliphatic carbocycles. The zero-order chi connectivity index (χ0) is 22.3. The maximum absolute atomic E-state index is 12.4. The van der Waals surface area contributed by atoms with E-state index in [9.17, 15) is 14.4 Å². The maximum atomic E-state index is 12.4. The predicted octanol–water partition coefficient (Wildman–Crippen LogP) is 4.81. The predicted molar refractivity (Wildman–Crippen MR) is 118 cm³/mol. The lowest BCUT2D eigenvalue weighted by molar-refractivity contribution is -0.152. The molecule has 2 amide bonds. The van der Waals surface area contributed by atoms with Crippen molar-refractivity contribution in [3.05, 3.63) is 63.6 Å². The highest BCUT2D eigenvalue weighted by Crippen LogP contribution is 2.26. The van der Waals surface area contributed by atoms with Crippen LogP contribution < -0.4 is 10.6 Å². The summed E-state index contributed by atoms with van der Waals surface area (Å²) in [5.74, 6) is -1.47. The zero-order valence-electron chi connectivity index (χ0n) is 17.0. The summed E-state index contributed by atoms with van der Waals surface area (Å²) in [4.78, 5) is 36.6. The van der Waals surface area contributed by atoms with Crippen molar-refractivity contribution in [3.8, 4) is 0 Å². The molecule has 2 unspecified atom stereocenters. The topological polar surface area (TPSA) is 84.5 Å². The molecular formula is C22H24Cl2N2O4. The Morgan fingerprint density at radius 3 is 2.43 bits per heavy atom. The molecule has 0 saturated carbocycles. The molecular weight excluding hydrogens is 427 g/mol. The van der Waals surface area contributed by atoms with Crippen molar-refractivity contribution in [2.75, 3.05) is 11.9 Å². The highest BCUT2D eigenvalue weighted by Gasteiger charge is 2.20. The monoisotopic (exact) mass is 450 g/mol. The minimum atomic E-state index is -1.03. The smallest absolute Gasteiger partial charge is 0.326 e. The van der Waals surface area contributed by atoms with Crippen LogP contribution in [0.2, 0.25) is 10.0 Å². The maximum Gasteiger partial charge on any atom is 0.326 e. The molecule has 8 heteroatoms. The van der Waals surface area contributed by atoms with Crippen molar-refractivity contribution < 1.29 is 19.1 Å². The molecule has 0 spiro atoms. The summed E-state index contributed by atoms with van der Waals surface area (Å²) in [6, 6.07) is 11.9. The first kappa shape index (κ1) is 23.7. The van der Waals surface area contributed by atoms with Crippen molar-refractivity contribution in [1.29, 1.82) is 0 Å². The summed E-state index contributed by atoms with van der Waals surface area (Å²) in [7, 11) is 0. The van der Waals surface area contributed by atoms with Crippen LogP contribution >= 0.6 is 23.2 Å². The number of esters is 1. The van der Waals surface area contributed by atoms with Crippen molar-refractivity contribution >= 4 is 46.7 Å². The third kappa shape index (κ3) is 6.47. The molecule has 0 bridgehead atoms. The van der Waals surface area contributed by atoms with Gasteiger partial charge in [-0.15, -0.1) is 0 Å². The number of amides is 2. The van der Waals surface area contributed by atoms with Gasteiger partial charge in [-0.05, 0) is 49.1 Å². The van der Waals surface area contributed by atoms with E-state index in [4.69, 9.17) is 27.9 Å². The first-order valence-corrected chi connectivity index (χ1v) is 10.3. The number of benzene rings is 2. The molecule has 30 heavy (non-hydrogen) atoms. The molecule has 0 aliphatic heterocycles. The molecule has 0 heterocycles. The summed E-state index contributed by atoms with van der Waals surface area (Å²) >= 11 is 11.8. The summed E-state index contributed by atoms with van der Waals surface area (Å²) in [6.07, 6.45) is -0.104. The van der Waals surface area contributed by atoms with Gasteiger partial charge in [0, 0.05) is 10.7 Å². The molecule has 0 aromatic heterocycles. The molecule has 6 nitrogen and oxygen atoms in total. The van der Waals surface area contributed by atoms with Crippen LogP contribution in [-0.4, -0.2) is 30.4 Å². The standard InChI is InChI=1S/C22H24Cl2N2O4/c1-4-13(2)16-7-5-6-8-19(16)26-21(28)14(3)30-20(27)12-25-22(29)17-10-9-15(23)11-18(17)24/h5-11,13-14H,4,12H2,1-3H3,(H,25,29)(H,26,28). The van der Waals surface area contributed by atoms with Crippen LogP contribution in [0.25, 0.3) is 0 Å². The minimum Gasteiger partial charge on any atom is -0.451 e. The molecule has 2 aromatic carbocycles. The van der Waals surface area contributed by atoms with Gasteiger partial charge in [0.05, 0.1) is 10.6 Å². The van der Waals surface area contributed by atoms with E-state index in [-0.39, 0.29) is 16.5 Å². The quantitative estimate of drug-likeness (QED) is 0.565. The van der Waals surface area contributed by atoms with Gasteiger partial charge in [0.15, 0.2) is 6.10 Å². The van der Waals surface area contributed by atoms with E-state index in [1.807, 2.05) is 24.3 Å². The SMILES string of the molecule is CCC(C)c1ccccc1NC(=O)C(C)OC(=O)CNC(=O)c1ccc(Cl)cc1Cl. The summed E-state index contributed by atoms with van der Waals surface area (Å²) < 4.78 is 5.13. The van der Waals surface area contributed by atoms with Crippen LogP contribution in [0.3, 0.4) is 0 Å². The summed E-state index contributed by atoms with van der Waals surface area (Å²) in [5, 5.41) is 5.77. The van der Waals surface area contributed by atoms with Gasteiger partial charge in [0.25, 0.3) is 11.8 Å². The normalized spacial score (nSPS) is 12.6. The van der Waals surface area contributed by atoms with E-state index in [1.54, 1.807) is 0 Å². The number of halogens is 2. The minimum absolute atomic E-state index is 0.168. The third-order valence-electron chi connectivity index (χ3n) is 4.61. The van der Waals surface area contributed by atoms with Crippen LogP contribution in [-0.2, 0) is 14.3 Å². The number of carbonyl (C=O) groups is 3. The number of rotatable bonds is 8. The number of para-hydroxylation sites is 1. The Hall–Kier alpha value is -2.57. The van der Waals surface area contributed by atoms with Gasteiger partial charge in [-0.2, -0.15) is 0 Å². The van der Waals surface area contributed by atoms with Gasteiger partial charge in [-0.25, -0.2) is 0 Å². The fourth-order valence-corrected chi connectivity index (χ4v) is 3.20. The lowest BCUT2D eigenvalue weighted by atomic mass is 9.97. The largest absolute Gasteiger partial charge is 0.451 e. The zero-order valence-corrected chi connectivity index (χ0v) is 18.5. The van der Waals surface area contributed by atoms with Crippen LogP contribution in [0, 0.1) is 0 Å². The average Bonchev–Trinajstić information content (AvgIpc) is 2.71. The summed E-state index contributed by atoms with van der Waals surface area (Å²) in [5.41, 5.74) is 1.88. The Kier molecular flexibility index (Phi) is 8.69. The lowest BCUT2D eigenvalue weighted by Gasteiger charge is -2.18. The second kappa shape index (κ2) is 11.0. The van der Waals surface area contributed by atoms with Crippen molar-refractivity contribution in [3.63, 3.8) is 0 Å². The van der Waals surface area contributed by atoms with Crippen LogP contribution in [0.5, 0.6) is 0 Å². The molecule has 2 atom stereocenters. The van der Waals surface area contributed by atoms with E-state index in [0.29, 0.717) is 10.7 Å². The highest BCUT2D eigenvalue weighted by atomic mass is 35.5.